The van der Waals surface area contributed by atoms with Crippen molar-refractivity contribution in [1.29, 1.82) is 0 Å². The van der Waals surface area contributed by atoms with Crippen LogP contribution < -0.4 is 4.90 Å². The molecule has 0 aliphatic heterocycles. The molecule has 0 aliphatic carbocycles. The summed E-state index contributed by atoms with van der Waals surface area (Å²) in [5.41, 5.74) is 1.18. The number of hydrogen-bond acceptors (Lipinski definition) is 3. The lowest BCUT2D eigenvalue weighted by Gasteiger charge is -2.20. The SMILES string of the molecule is CCN(C(=O)CCC(F)(F)F)c1cn(-c2cncc(F)c2)nc1C. The average molecular weight is 344 g/mol. The molecule has 0 spiro atoms. The first-order valence-electron chi connectivity index (χ1n) is 7.25. The van der Waals surface area contributed by atoms with Crippen molar-refractivity contribution in [3.8, 4) is 5.69 Å². The molecule has 130 valence electrons. The number of halogens is 4. The van der Waals surface area contributed by atoms with Gasteiger partial charge in [-0.1, -0.05) is 0 Å². The molecular formula is C15H16F4N4O. The summed E-state index contributed by atoms with van der Waals surface area (Å²) in [5, 5.41) is 4.18. The molecule has 0 saturated carbocycles. The summed E-state index contributed by atoms with van der Waals surface area (Å²) in [6.07, 6.45) is -2.30. The van der Waals surface area contributed by atoms with Crippen molar-refractivity contribution in [2.45, 2.75) is 32.9 Å². The number of aryl methyl sites for hydroxylation is 1. The van der Waals surface area contributed by atoms with Gasteiger partial charge in [-0.25, -0.2) is 9.07 Å². The van der Waals surface area contributed by atoms with Gasteiger partial charge in [0.15, 0.2) is 0 Å². The topological polar surface area (TPSA) is 51.0 Å². The second-order valence-corrected chi connectivity index (χ2v) is 5.16. The number of pyridine rings is 1. The largest absolute Gasteiger partial charge is 0.389 e. The lowest BCUT2D eigenvalue weighted by molar-refractivity contribution is -0.143. The van der Waals surface area contributed by atoms with Gasteiger partial charge in [-0.2, -0.15) is 18.3 Å². The van der Waals surface area contributed by atoms with Gasteiger partial charge in [-0.05, 0) is 13.8 Å². The highest BCUT2D eigenvalue weighted by Crippen LogP contribution is 2.25. The molecule has 0 unspecified atom stereocenters. The highest BCUT2D eigenvalue weighted by atomic mass is 19.4. The van der Waals surface area contributed by atoms with Crippen LogP contribution in [-0.2, 0) is 4.79 Å². The minimum atomic E-state index is -4.39. The zero-order valence-electron chi connectivity index (χ0n) is 13.1. The lowest BCUT2D eigenvalue weighted by Crippen LogP contribution is -2.31. The number of alkyl halides is 3. The van der Waals surface area contributed by atoms with Crippen LogP contribution in [0.15, 0.2) is 24.7 Å². The van der Waals surface area contributed by atoms with E-state index in [4.69, 9.17) is 0 Å². The van der Waals surface area contributed by atoms with Gasteiger partial charge in [0.25, 0.3) is 0 Å². The quantitative estimate of drug-likeness (QED) is 0.781. The van der Waals surface area contributed by atoms with Crippen molar-refractivity contribution in [3.63, 3.8) is 0 Å². The van der Waals surface area contributed by atoms with E-state index in [-0.39, 0.29) is 6.54 Å². The summed E-state index contributed by atoms with van der Waals surface area (Å²) in [5.74, 6) is -1.19. The summed E-state index contributed by atoms with van der Waals surface area (Å²) >= 11 is 0. The van der Waals surface area contributed by atoms with E-state index in [1.807, 2.05) is 0 Å². The van der Waals surface area contributed by atoms with Crippen LogP contribution in [-0.4, -0.2) is 33.4 Å². The Morgan fingerprint density at radius 2 is 2.04 bits per heavy atom. The molecule has 0 atom stereocenters. The average Bonchev–Trinajstić information content (AvgIpc) is 2.87. The van der Waals surface area contributed by atoms with Gasteiger partial charge < -0.3 is 4.90 Å². The highest BCUT2D eigenvalue weighted by Gasteiger charge is 2.30. The van der Waals surface area contributed by atoms with E-state index in [9.17, 15) is 22.4 Å². The Hall–Kier alpha value is -2.45. The van der Waals surface area contributed by atoms with E-state index in [1.165, 1.54) is 28.0 Å². The number of anilines is 1. The molecule has 2 aromatic rings. The second kappa shape index (κ2) is 6.98. The first-order valence-corrected chi connectivity index (χ1v) is 7.25. The van der Waals surface area contributed by atoms with Crippen LogP contribution in [0, 0.1) is 12.7 Å². The molecule has 2 heterocycles. The normalized spacial score (nSPS) is 11.6. The fourth-order valence-corrected chi connectivity index (χ4v) is 2.24. The molecule has 0 N–H and O–H groups in total. The van der Waals surface area contributed by atoms with Crippen molar-refractivity contribution < 1.29 is 22.4 Å². The summed E-state index contributed by atoms with van der Waals surface area (Å²) in [7, 11) is 0. The summed E-state index contributed by atoms with van der Waals surface area (Å²) in [6.45, 7) is 3.48. The van der Waals surface area contributed by atoms with Crippen LogP contribution in [0.4, 0.5) is 23.2 Å². The Kier molecular flexibility index (Phi) is 5.20. The second-order valence-electron chi connectivity index (χ2n) is 5.16. The molecule has 0 aliphatic rings. The van der Waals surface area contributed by atoms with Crippen molar-refractivity contribution in [1.82, 2.24) is 14.8 Å². The standard InChI is InChI=1S/C15H16F4N4O/c1-3-22(14(24)4-5-15(17,18)19)13-9-23(21-10(13)2)12-6-11(16)7-20-8-12/h6-9H,3-5H2,1-2H3. The Morgan fingerprint density at radius 3 is 2.62 bits per heavy atom. The van der Waals surface area contributed by atoms with E-state index in [0.717, 1.165) is 6.20 Å². The summed E-state index contributed by atoms with van der Waals surface area (Å²) in [4.78, 5) is 17.0. The van der Waals surface area contributed by atoms with E-state index >= 15 is 0 Å². The maximum Gasteiger partial charge on any atom is 0.389 e. The zero-order chi connectivity index (χ0) is 17.9. The third-order valence-electron chi connectivity index (χ3n) is 3.36. The van der Waals surface area contributed by atoms with Gasteiger partial charge in [-0.15, -0.1) is 0 Å². The number of amides is 1. The molecular weight excluding hydrogens is 328 g/mol. The number of carbonyl (C=O) groups excluding carboxylic acids is 1. The first kappa shape index (κ1) is 17.9. The van der Waals surface area contributed by atoms with Crippen molar-refractivity contribution in [2.24, 2.45) is 0 Å². The number of nitrogens with zero attached hydrogens (tertiary/aromatic N) is 4. The van der Waals surface area contributed by atoms with Crippen LogP contribution in [0.3, 0.4) is 0 Å². The van der Waals surface area contributed by atoms with Gasteiger partial charge in [0.05, 0.1) is 42.1 Å². The maximum absolute atomic E-state index is 13.3. The van der Waals surface area contributed by atoms with Crippen LogP contribution in [0.5, 0.6) is 0 Å². The monoisotopic (exact) mass is 344 g/mol. The van der Waals surface area contributed by atoms with E-state index in [1.54, 1.807) is 13.8 Å². The molecule has 1 amide bonds. The molecule has 0 radical (unpaired) electrons. The molecule has 0 bridgehead atoms. The minimum Gasteiger partial charge on any atom is -0.310 e. The molecule has 0 saturated heterocycles. The van der Waals surface area contributed by atoms with Gasteiger partial charge in [0.2, 0.25) is 5.91 Å². The third-order valence-corrected chi connectivity index (χ3v) is 3.36. The number of hydrogen-bond donors (Lipinski definition) is 0. The van der Waals surface area contributed by atoms with Gasteiger partial charge in [0, 0.05) is 19.0 Å². The number of aromatic nitrogens is 3. The summed E-state index contributed by atoms with van der Waals surface area (Å²) in [6, 6.07) is 1.21. The van der Waals surface area contributed by atoms with Crippen LogP contribution >= 0.6 is 0 Å². The molecule has 2 aromatic heterocycles. The number of rotatable bonds is 5. The van der Waals surface area contributed by atoms with Crippen LogP contribution in [0.2, 0.25) is 0 Å². The van der Waals surface area contributed by atoms with E-state index in [2.05, 4.69) is 10.1 Å². The molecule has 5 nitrogen and oxygen atoms in total. The fraction of sp³-hybridized carbons (Fsp3) is 0.400. The minimum absolute atomic E-state index is 0.199. The van der Waals surface area contributed by atoms with Crippen molar-refractivity contribution in [2.75, 3.05) is 11.4 Å². The summed E-state index contributed by atoms with van der Waals surface area (Å²) < 4.78 is 51.5. The molecule has 9 heteroatoms. The lowest BCUT2D eigenvalue weighted by atomic mass is 10.2. The van der Waals surface area contributed by atoms with Crippen LogP contribution in [0.1, 0.15) is 25.5 Å². The number of carbonyl (C=O) groups is 1. The van der Waals surface area contributed by atoms with Crippen molar-refractivity contribution in [3.05, 3.63) is 36.2 Å². The maximum atomic E-state index is 13.3. The van der Waals surface area contributed by atoms with Gasteiger partial charge >= 0.3 is 6.18 Å². The molecule has 0 aromatic carbocycles. The third kappa shape index (κ3) is 4.30. The van der Waals surface area contributed by atoms with Gasteiger partial charge in [0.1, 0.15) is 5.82 Å². The Morgan fingerprint density at radius 1 is 1.33 bits per heavy atom. The predicted molar refractivity (Wildman–Crippen MR) is 79.4 cm³/mol. The van der Waals surface area contributed by atoms with Crippen LogP contribution in [0.25, 0.3) is 5.69 Å². The smallest absolute Gasteiger partial charge is 0.310 e. The Balaban J connectivity index is 2.25. The zero-order valence-corrected chi connectivity index (χ0v) is 13.1. The Bertz CT molecular complexity index is 727. The Labute approximate surface area is 135 Å². The van der Waals surface area contributed by atoms with E-state index < -0.39 is 30.7 Å². The molecule has 2 rings (SSSR count). The predicted octanol–water partition coefficient (Wildman–Crippen LogP) is 3.41. The highest BCUT2D eigenvalue weighted by molar-refractivity contribution is 5.93. The van der Waals surface area contributed by atoms with Crippen molar-refractivity contribution >= 4 is 11.6 Å². The first-order chi connectivity index (χ1) is 11.2. The molecule has 0 fully saturated rings. The molecule has 24 heavy (non-hydrogen) atoms. The fourth-order valence-electron chi connectivity index (χ4n) is 2.24. The van der Waals surface area contributed by atoms with E-state index in [0.29, 0.717) is 17.1 Å². The van der Waals surface area contributed by atoms with Gasteiger partial charge in [-0.3, -0.25) is 9.78 Å².